The van der Waals surface area contributed by atoms with Crippen LogP contribution < -0.4 is 21.1 Å². The zero-order chi connectivity index (χ0) is 20.2. The molecule has 1 aliphatic carbocycles. The van der Waals surface area contributed by atoms with Crippen LogP contribution >= 0.6 is 0 Å². The summed E-state index contributed by atoms with van der Waals surface area (Å²) < 4.78 is 3.43. The number of H-pyrrole nitrogens is 3. The summed E-state index contributed by atoms with van der Waals surface area (Å²) >= 11 is 0. The summed E-state index contributed by atoms with van der Waals surface area (Å²) in [5.74, 6) is 0.198. The molecular weight excluding hydrogens is 386 g/mol. The molecule has 0 radical (unpaired) electrons. The van der Waals surface area contributed by atoms with Gasteiger partial charge in [-0.3, -0.25) is 9.97 Å². The Bertz CT molecular complexity index is 1600. The third kappa shape index (κ3) is 2.67. The summed E-state index contributed by atoms with van der Waals surface area (Å²) in [4.78, 5) is 33.6. The van der Waals surface area contributed by atoms with Crippen molar-refractivity contribution in [2.75, 3.05) is 0 Å². The van der Waals surface area contributed by atoms with Gasteiger partial charge in [-0.1, -0.05) is 22.1 Å². The van der Waals surface area contributed by atoms with E-state index in [2.05, 4.69) is 30.0 Å². The smallest absolute Gasteiger partial charge is 0.395 e. The molecule has 1 saturated carbocycles. The van der Waals surface area contributed by atoms with E-state index in [0.717, 1.165) is 23.9 Å². The van der Waals surface area contributed by atoms with Crippen molar-refractivity contribution in [1.29, 1.82) is 0 Å². The zero-order valence-corrected chi connectivity index (χ0v) is 15.6. The number of rotatable bonds is 3. The highest BCUT2D eigenvalue weighted by Crippen LogP contribution is 2.22. The van der Waals surface area contributed by atoms with Crippen LogP contribution in [0.15, 0.2) is 46.6 Å². The average molecular weight is 402 g/mol. The average Bonchev–Trinajstić information content (AvgIpc) is 3.16. The van der Waals surface area contributed by atoms with Crippen molar-refractivity contribution in [3.63, 3.8) is 0 Å². The standard InChI is InChI=1S/C19H15N9O2/c29-16-13(23-19(30)25-16)7-10-8-21-28-15(10)24-17(26-18(28)22-11-5-6-11)27-9-20-12-3-1-2-4-14(12)27/h1-4,7-9,11H,5-6H2,(H3,21,22,23,24,25,26,29,30)/p+1. The molecule has 0 spiro atoms. The van der Waals surface area contributed by atoms with Crippen molar-refractivity contribution in [2.24, 2.45) is 4.99 Å². The fraction of sp³-hybridized carbons (Fsp3) is 0.158. The van der Waals surface area contributed by atoms with Crippen LogP contribution in [0, 0.1) is 0 Å². The highest BCUT2D eigenvalue weighted by atomic mass is 16.3. The molecule has 11 nitrogen and oxygen atoms in total. The van der Waals surface area contributed by atoms with Crippen molar-refractivity contribution < 1.29 is 9.67 Å². The Morgan fingerprint density at radius 2 is 2.10 bits per heavy atom. The van der Waals surface area contributed by atoms with E-state index in [1.54, 1.807) is 23.1 Å². The minimum absolute atomic E-state index is 0.241. The molecule has 0 unspecified atom stereocenters. The van der Waals surface area contributed by atoms with Gasteiger partial charge in [-0.25, -0.2) is 9.79 Å². The lowest BCUT2D eigenvalue weighted by Gasteiger charge is -1.96. The Kier molecular flexibility index (Phi) is 3.39. The van der Waals surface area contributed by atoms with Gasteiger partial charge in [-0.2, -0.15) is 14.2 Å². The van der Waals surface area contributed by atoms with Crippen LogP contribution in [0.3, 0.4) is 0 Å². The Hall–Kier alpha value is -4.28. The molecular formula is C19H16N9O2+. The van der Waals surface area contributed by atoms with E-state index in [0.29, 0.717) is 22.4 Å². The number of fused-ring (bicyclic) bond motifs is 2. The van der Waals surface area contributed by atoms with Crippen molar-refractivity contribution in [3.8, 4) is 11.8 Å². The first-order valence-corrected chi connectivity index (χ1v) is 9.46. The lowest BCUT2D eigenvalue weighted by Crippen LogP contribution is -2.37. The van der Waals surface area contributed by atoms with Gasteiger partial charge in [0.2, 0.25) is 11.5 Å². The Morgan fingerprint density at radius 1 is 1.23 bits per heavy atom. The van der Waals surface area contributed by atoms with Crippen LogP contribution in [0.2, 0.25) is 0 Å². The van der Waals surface area contributed by atoms with E-state index in [-0.39, 0.29) is 17.6 Å². The predicted molar refractivity (Wildman–Crippen MR) is 105 cm³/mol. The number of imidazole rings is 2. The number of aromatic nitrogens is 8. The Balaban J connectivity index is 1.65. The lowest BCUT2D eigenvalue weighted by molar-refractivity contribution is -0.575. The first-order chi connectivity index (χ1) is 14.7. The number of aromatic hydroxyl groups is 1. The predicted octanol–water partition coefficient (Wildman–Crippen LogP) is -0.785. The maximum Gasteiger partial charge on any atom is 0.395 e. The van der Waals surface area contributed by atoms with E-state index in [9.17, 15) is 9.90 Å². The lowest BCUT2D eigenvalue weighted by atomic mass is 10.3. The van der Waals surface area contributed by atoms with Crippen molar-refractivity contribution in [1.82, 2.24) is 34.5 Å². The number of nitrogens with zero attached hydrogens (tertiary/aromatic N) is 6. The molecule has 1 fully saturated rings. The second-order valence-electron chi connectivity index (χ2n) is 7.17. The molecule has 30 heavy (non-hydrogen) atoms. The van der Waals surface area contributed by atoms with E-state index in [4.69, 9.17) is 4.98 Å². The number of hydrogen-bond donors (Lipinski definition) is 4. The number of para-hydroxylation sites is 2. The topological polar surface area (TPSA) is 144 Å². The maximum atomic E-state index is 11.5. The van der Waals surface area contributed by atoms with E-state index >= 15 is 0 Å². The largest absolute Gasteiger partial charge is 0.493 e. The SMILES string of the molecule is O=c1[nH]c(O)c(C=c2cnn3c(=NC4CC4)nc(-[n+]4c[nH]c5ccccc54)nc23)[nH]1. The summed E-state index contributed by atoms with van der Waals surface area (Å²) in [6.07, 6.45) is 7.06. The van der Waals surface area contributed by atoms with Crippen molar-refractivity contribution >= 4 is 22.8 Å². The fourth-order valence-corrected chi connectivity index (χ4v) is 3.35. The van der Waals surface area contributed by atoms with E-state index < -0.39 is 5.69 Å². The van der Waals surface area contributed by atoms with Gasteiger partial charge >= 0.3 is 17.3 Å². The maximum absolute atomic E-state index is 11.5. The molecule has 5 aromatic rings. The van der Waals surface area contributed by atoms with Gasteiger partial charge < -0.3 is 10.1 Å². The Labute approximate surface area is 167 Å². The van der Waals surface area contributed by atoms with Crippen LogP contribution in [-0.4, -0.2) is 45.7 Å². The first-order valence-electron chi connectivity index (χ1n) is 9.46. The summed E-state index contributed by atoms with van der Waals surface area (Å²) in [6.45, 7) is 0. The minimum atomic E-state index is -0.496. The molecule has 0 aliphatic heterocycles. The molecule has 1 aliphatic rings. The molecule has 0 amide bonds. The van der Waals surface area contributed by atoms with Crippen molar-refractivity contribution in [3.05, 3.63) is 63.8 Å². The number of nitrogens with one attached hydrogen (secondary N) is 3. The van der Waals surface area contributed by atoms with Gasteiger partial charge in [0.1, 0.15) is 16.7 Å². The van der Waals surface area contributed by atoms with E-state index in [1.165, 1.54) is 0 Å². The zero-order valence-electron chi connectivity index (χ0n) is 15.6. The number of aromatic amines is 3. The van der Waals surface area contributed by atoms with Crippen LogP contribution in [0.5, 0.6) is 5.88 Å². The summed E-state index contributed by atoms with van der Waals surface area (Å²) in [6, 6.07) is 8.09. The molecule has 6 rings (SSSR count). The highest BCUT2D eigenvalue weighted by Gasteiger charge is 2.23. The molecule has 1 aromatic carbocycles. The molecule has 11 heteroatoms. The van der Waals surface area contributed by atoms with Gasteiger partial charge in [0.05, 0.1) is 17.5 Å². The molecule has 0 bridgehead atoms. The number of hydrogen-bond acceptors (Lipinski definition) is 6. The third-order valence-corrected chi connectivity index (χ3v) is 4.97. The fourth-order valence-electron chi connectivity index (χ4n) is 3.35. The van der Waals surface area contributed by atoms with Crippen molar-refractivity contribution in [2.45, 2.75) is 18.9 Å². The third-order valence-electron chi connectivity index (χ3n) is 4.97. The summed E-state index contributed by atoms with van der Waals surface area (Å²) in [5.41, 5.74) is 2.61. The monoisotopic (exact) mass is 402 g/mol. The van der Waals surface area contributed by atoms with Crippen LogP contribution in [0.4, 0.5) is 0 Å². The quantitative estimate of drug-likeness (QED) is 0.293. The van der Waals surface area contributed by atoms with Gasteiger partial charge in [-0.15, -0.1) is 0 Å². The van der Waals surface area contributed by atoms with Gasteiger partial charge in [0.25, 0.3) is 0 Å². The molecule has 0 saturated heterocycles. The van der Waals surface area contributed by atoms with Crippen LogP contribution in [-0.2, 0) is 0 Å². The second kappa shape index (κ2) is 6.11. The minimum Gasteiger partial charge on any atom is -0.493 e. The molecule has 4 heterocycles. The first kappa shape index (κ1) is 16.7. The van der Waals surface area contributed by atoms with E-state index in [1.807, 2.05) is 28.8 Å². The summed E-state index contributed by atoms with van der Waals surface area (Å²) in [5, 5.41) is 14.9. The van der Waals surface area contributed by atoms with Crippen LogP contribution in [0.1, 0.15) is 18.5 Å². The summed E-state index contributed by atoms with van der Waals surface area (Å²) in [7, 11) is 0. The Morgan fingerprint density at radius 3 is 2.90 bits per heavy atom. The molecule has 148 valence electrons. The van der Waals surface area contributed by atoms with Gasteiger partial charge in [0.15, 0.2) is 6.33 Å². The second-order valence-corrected chi connectivity index (χ2v) is 7.17. The van der Waals surface area contributed by atoms with Gasteiger partial charge in [0, 0.05) is 0 Å². The highest BCUT2D eigenvalue weighted by molar-refractivity contribution is 5.71. The van der Waals surface area contributed by atoms with Crippen LogP contribution in [0.25, 0.3) is 28.7 Å². The number of benzene rings is 1. The molecule has 0 atom stereocenters. The van der Waals surface area contributed by atoms with Gasteiger partial charge in [-0.05, 0) is 31.1 Å². The normalized spacial score (nSPS) is 15.6. The molecule has 4 N–H and O–H groups in total. The molecule has 4 aromatic heterocycles.